The van der Waals surface area contributed by atoms with Crippen LogP contribution in [0.2, 0.25) is 0 Å². The molecule has 0 unspecified atom stereocenters. The first kappa shape index (κ1) is 19.7. The van der Waals surface area contributed by atoms with Crippen molar-refractivity contribution in [2.45, 2.75) is 45.4 Å². The highest BCUT2D eigenvalue weighted by molar-refractivity contribution is 5.96. The lowest BCUT2D eigenvalue weighted by atomic mass is 10.0. The highest BCUT2D eigenvalue weighted by Crippen LogP contribution is 2.19. The Labute approximate surface area is 155 Å². The molecule has 4 heteroatoms. The zero-order chi connectivity index (χ0) is 18.6. The quantitative estimate of drug-likeness (QED) is 0.255. The zero-order valence-corrected chi connectivity index (χ0v) is 15.2. The van der Waals surface area contributed by atoms with Gasteiger partial charge >= 0.3 is 11.9 Å². The van der Waals surface area contributed by atoms with Crippen molar-refractivity contribution >= 4 is 11.9 Å². The minimum Gasteiger partial charge on any atom is -0.426 e. The summed E-state index contributed by atoms with van der Waals surface area (Å²) in [6.07, 6.45) is 5.62. The van der Waals surface area contributed by atoms with Crippen LogP contribution >= 0.6 is 0 Å². The van der Waals surface area contributed by atoms with E-state index in [0.29, 0.717) is 17.9 Å². The molecule has 138 valence electrons. The van der Waals surface area contributed by atoms with Crippen LogP contribution in [0.25, 0.3) is 0 Å². The Hall–Kier alpha value is -2.62. The van der Waals surface area contributed by atoms with E-state index < -0.39 is 17.9 Å². The van der Waals surface area contributed by atoms with E-state index in [-0.39, 0.29) is 0 Å². The molecule has 0 aliphatic carbocycles. The molecule has 0 amide bonds. The maximum absolute atomic E-state index is 12.5. The predicted octanol–water partition coefficient (Wildman–Crippen LogP) is 5.17. The standard InChI is InChI=1S/C22H26O4/c1-2-3-4-5-12-17-20(21(23)25-18-13-8-6-9-14-18)22(24)26-19-15-10-7-11-16-19/h6-11,13-16,20H,2-5,12,17H2,1H3. The van der Waals surface area contributed by atoms with Gasteiger partial charge in [-0.15, -0.1) is 0 Å². The molecule has 0 aromatic heterocycles. The third kappa shape index (κ3) is 6.71. The van der Waals surface area contributed by atoms with Crippen LogP contribution in [0.5, 0.6) is 11.5 Å². The monoisotopic (exact) mass is 354 g/mol. The molecule has 0 atom stereocenters. The second kappa shape index (κ2) is 11.1. The minimum atomic E-state index is -0.919. The van der Waals surface area contributed by atoms with Crippen LogP contribution in [-0.4, -0.2) is 11.9 Å². The van der Waals surface area contributed by atoms with E-state index in [4.69, 9.17) is 9.47 Å². The Kier molecular flexibility index (Phi) is 8.40. The van der Waals surface area contributed by atoms with Gasteiger partial charge in [-0.25, -0.2) is 0 Å². The predicted molar refractivity (Wildman–Crippen MR) is 101 cm³/mol. The van der Waals surface area contributed by atoms with Gasteiger partial charge in [-0.3, -0.25) is 9.59 Å². The Morgan fingerprint density at radius 1 is 0.731 bits per heavy atom. The van der Waals surface area contributed by atoms with Crippen LogP contribution in [0.3, 0.4) is 0 Å². The highest BCUT2D eigenvalue weighted by atomic mass is 16.6. The topological polar surface area (TPSA) is 52.6 Å². The normalized spacial score (nSPS) is 10.5. The molecule has 0 saturated heterocycles. The average Bonchev–Trinajstić information content (AvgIpc) is 2.66. The molecule has 0 N–H and O–H groups in total. The SMILES string of the molecule is CCCCCCCC(C(=O)Oc1ccccc1)C(=O)Oc1ccccc1. The average molecular weight is 354 g/mol. The number of benzene rings is 2. The van der Waals surface area contributed by atoms with Gasteiger partial charge in [0.15, 0.2) is 5.92 Å². The molecule has 0 bridgehead atoms. The lowest BCUT2D eigenvalue weighted by molar-refractivity contribution is -0.151. The summed E-state index contributed by atoms with van der Waals surface area (Å²) in [4.78, 5) is 25.1. The Morgan fingerprint density at radius 3 is 1.65 bits per heavy atom. The molecular weight excluding hydrogens is 328 g/mol. The van der Waals surface area contributed by atoms with Crippen LogP contribution in [0.15, 0.2) is 60.7 Å². The van der Waals surface area contributed by atoms with E-state index in [1.54, 1.807) is 48.5 Å². The number of hydrogen-bond donors (Lipinski definition) is 0. The number of carbonyl (C=O) groups excluding carboxylic acids is 2. The maximum Gasteiger partial charge on any atom is 0.325 e. The molecule has 0 radical (unpaired) electrons. The van der Waals surface area contributed by atoms with Crippen LogP contribution in [-0.2, 0) is 9.59 Å². The van der Waals surface area contributed by atoms with Crippen molar-refractivity contribution < 1.29 is 19.1 Å². The second-order valence-electron chi connectivity index (χ2n) is 6.22. The third-order valence-corrected chi connectivity index (χ3v) is 4.09. The van der Waals surface area contributed by atoms with Crippen LogP contribution in [0.1, 0.15) is 45.4 Å². The van der Waals surface area contributed by atoms with E-state index in [1.807, 2.05) is 12.1 Å². The van der Waals surface area contributed by atoms with Crippen molar-refractivity contribution in [2.75, 3.05) is 0 Å². The maximum atomic E-state index is 12.5. The lowest BCUT2D eigenvalue weighted by Gasteiger charge is -2.15. The summed E-state index contributed by atoms with van der Waals surface area (Å²) in [7, 11) is 0. The molecule has 2 aromatic carbocycles. The fraction of sp³-hybridized carbons (Fsp3) is 0.364. The van der Waals surface area contributed by atoms with Crippen molar-refractivity contribution in [3.05, 3.63) is 60.7 Å². The van der Waals surface area contributed by atoms with Crippen molar-refractivity contribution in [3.63, 3.8) is 0 Å². The van der Waals surface area contributed by atoms with Gasteiger partial charge < -0.3 is 9.47 Å². The number of rotatable bonds is 10. The summed E-state index contributed by atoms with van der Waals surface area (Å²) < 4.78 is 10.7. The first-order chi connectivity index (χ1) is 12.7. The number of unbranched alkanes of at least 4 members (excludes halogenated alkanes) is 4. The summed E-state index contributed by atoms with van der Waals surface area (Å²) in [5, 5.41) is 0. The summed E-state index contributed by atoms with van der Waals surface area (Å²) >= 11 is 0. The second-order valence-corrected chi connectivity index (χ2v) is 6.22. The van der Waals surface area contributed by atoms with Gasteiger partial charge in [0.2, 0.25) is 0 Å². The molecule has 0 saturated carbocycles. The minimum absolute atomic E-state index is 0.431. The Morgan fingerprint density at radius 2 is 1.19 bits per heavy atom. The number of para-hydroxylation sites is 2. The van der Waals surface area contributed by atoms with Gasteiger partial charge in [0.05, 0.1) is 0 Å². The fourth-order valence-corrected chi connectivity index (χ4v) is 2.64. The molecule has 2 aromatic rings. The largest absolute Gasteiger partial charge is 0.426 e. The molecular formula is C22H26O4. The van der Waals surface area contributed by atoms with E-state index in [2.05, 4.69) is 6.92 Å². The molecule has 2 rings (SSSR count). The third-order valence-electron chi connectivity index (χ3n) is 4.09. The van der Waals surface area contributed by atoms with Crippen molar-refractivity contribution in [2.24, 2.45) is 5.92 Å². The van der Waals surface area contributed by atoms with Gasteiger partial charge in [0.1, 0.15) is 11.5 Å². The van der Waals surface area contributed by atoms with Gasteiger partial charge in [-0.2, -0.15) is 0 Å². The smallest absolute Gasteiger partial charge is 0.325 e. The number of esters is 2. The van der Waals surface area contributed by atoms with E-state index in [0.717, 1.165) is 32.1 Å². The Bertz CT molecular complexity index is 614. The lowest BCUT2D eigenvalue weighted by Crippen LogP contribution is -2.31. The van der Waals surface area contributed by atoms with Crippen LogP contribution in [0, 0.1) is 5.92 Å². The van der Waals surface area contributed by atoms with Crippen molar-refractivity contribution in [1.29, 1.82) is 0 Å². The summed E-state index contributed by atoms with van der Waals surface area (Å²) in [5.41, 5.74) is 0. The summed E-state index contributed by atoms with van der Waals surface area (Å²) in [6.45, 7) is 2.15. The summed E-state index contributed by atoms with van der Waals surface area (Å²) in [6, 6.07) is 17.6. The van der Waals surface area contributed by atoms with E-state index in [9.17, 15) is 9.59 Å². The van der Waals surface area contributed by atoms with E-state index >= 15 is 0 Å². The number of ether oxygens (including phenoxy) is 2. The fourth-order valence-electron chi connectivity index (χ4n) is 2.64. The van der Waals surface area contributed by atoms with Crippen molar-refractivity contribution in [1.82, 2.24) is 0 Å². The molecule has 4 nitrogen and oxygen atoms in total. The number of carbonyl (C=O) groups is 2. The zero-order valence-electron chi connectivity index (χ0n) is 15.2. The molecule has 0 spiro atoms. The van der Waals surface area contributed by atoms with Crippen LogP contribution in [0.4, 0.5) is 0 Å². The Balaban J connectivity index is 1.99. The molecule has 0 aliphatic heterocycles. The van der Waals surface area contributed by atoms with Gasteiger partial charge in [0.25, 0.3) is 0 Å². The molecule has 26 heavy (non-hydrogen) atoms. The van der Waals surface area contributed by atoms with Crippen molar-refractivity contribution in [3.8, 4) is 11.5 Å². The van der Waals surface area contributed by atoms with Gasteiger partial charge in [-0.1, -0.05) is 75.4 Å². The van der Waals surface area contributed by atoms with Crippen LogP contribution < -0.4 is 9.47 Å². The van der Waals surface area contributed by atoms with Gasteiger partial charge in [-0.05, 0) is 30.7 Å². The highest BCUT2D eigenvalue weighted by Gasteiger charge is 2.30. The molecule has 0 aliphatic rings. The number of hydrogen-bond acceptors (Lipinski definition) is 4. The molecule has 0 heterocycles. The molecule has 0 fully saturated rings. The van der Waals surface area contributed by atoms with Gasteiger partial charge in [0, 0.05) is 0 Å². The first-order valence-corrected chi connectivity index (χ1v) is 9.24. The van der Waals surface area contributed by atoms with E-state index in [1.165, 1.54) is 0 Å². The summed E-state index contributed by atoms with van der Waals surface area (Å²) in [5.74, 6) is -1.18. The first-order valence-electron chi connectivity index (χ1n) is 9.24.